The molecule has 9 heteroatoms. The van der Waals surface area contributed by atoms with Crippen molar-refractivity contribution in [3.05, 3.63) is 35.2 Å². The smallest absolute Gasteiger partial charge is 0.276 e. The summed E-state index contributed by atoms with van der Waals surface area (Å²) < 4.78 is 37.5. The van der Waals surface area contributed by atoms with Gasteiger partial charge >= 0.3 is 0 Å². The van der Waals surface area contributed by atoms with Crippen molar-refractivity contribution in [2.45, 2.75) is 29.7 Å². The fourth-order valence-corrected chi connectivity index (χ4v) is 6.25. The van der Waals surface area contributed by atoms with Crippen LogP contribution >= 0.6 is 11.8 Å². The fourth-order valence-electron chi connectivity index (χ4n) is 3.23. The number of ether oxygens (including phenoxy) is 2. The second-order valence-corrected chi connectivity index (χ2v) is 8.63. The highest BCUT2D eigenvalue weighted by Crippen LogP contribution is 2.43. The van der Waals surface area contributed by atoms with Gasteiger partial charge in [0.25, 0.3) is 10.0 Å². The van der Waals surface area contributed by atoms with Crippen LogP contribution in [0.15, 0.2) is 28.4 Å². The summed E-state index contributed by atoms with van der Waals surface area (Å²) in [7, 11) is -0.572. The van der Waals surface area contributed by atoms with E-state index in [1.807, 2.05) is 13.8 Å². The number of hydrogen-bond donors (Lipinski definition) is 0. The Morgan fingerprint density at radius 1 is 1.19 bits per heavy atom. The van der Waals surface area contributed by atoms with Gasteiger partial charge in [0.15, 0.2) is 10.1 Å². The maximum atomic E-state index is 12.8. The van der Waals surface area contributed by atoms with Crippen molar-refractivity contribution >= 4 is 32.8 Å². The van der Waals surface area contributed by atoms with Crippen LogP contribution in [0, 0.1) is 13.8 Å². The Balaban J connectivity index is 1.73. The Labute approximate surface area is 155 Å². The zero-order valence-corrected chi connectivity index (χ0v) is 16.4. The molecule has 4 rings (SSSR count). The lowest BCUT2D eigenvalue weighted by Crippen LogP contribution is -2.13. The Kier molecular flexibility index (Phi) is 3.89. The van der Waals surface area contributed by atoms with Crippen molar-refractivity contribution in [2.75, 3.05) is 14.2 Å². The van der Waals surface area contributed by atoms with E-state index in [0.29, 0.717) is 27.7 Å². The van der Waals surface area contributed by atoms with Gasteiger partial charge in [0.2, 0.25) is 0 Å². The summed E-state index contributed by atoms with van der Waals surface area (Å²) in [5.74, 6) is 1.61. The first kappa shape index (κ1) is 17.2. The SMILES string of the molecule is COc1ccc2c3nc(SCc4ncc(C)c(OC)c4C)n2S(=O)(=O)c13. The van der Waals surface area contributed by atoms with Gasteiger partial charge in [-0.05, 0) is 26.0 Å². The van der Waals surface area contributed by atoms with Crippen LogP contribution in [0.4, 0.5) is 0 Å². The van der Waals surface area contributed by atoms with E-state index >= 15 is 0 Å². The molecule has 4 bridgehead atoms. The normalized spacial score (nSPS) is 14.3. The number of aromatic nitrogens is 3. The molecule has 0 radical (unpaired) electrons. The molecule has 3 aromatic rings. The first-order chi connectivity index (χ1) is 12.4. The fraction of sp³-hybridized carbons (Fsp3) is 0.294. The number of imidazole rings is 1. The van der Waals surface area contributed by atoms with E-state index in [-0.39, 0.29) is 4.90 Å². The summed E-state index contributed by atoms with van der Waals surface area (Å²) >= 11 is 1.34. The van der Waals surface area contributed by atoms with Crippen molar-refractivity contribution in [1.82, 2.24) is 13.9 Å². The summed E-state index contributed by atoms with van der Waals surface area (Å²) in [5.41, 5.74) is 3.79. The second kappa shape index (κ2) is 5.88. The molecule has 1 aliphatic heterocycles. The Morgan fingerprint density at radius 3 is 2.65 bits per heavy atom. The molecule has 0 unspecified atom stereocenters. The molecular weight excluding hydrogens is 374 g/mol. The summed E-state index contributed by atoms with van der Waals surface area (Å²) in [6.07, 6.45) is 1.76. The summed E-state index contributed by atoms with van der Waals surface area (Å²) in [4.78, 5) is 9.10. The van der Waals surface area contributed by atoms with Crippen LogP contribution in [0.5, 0.6) is 11.5 Å². The highest BCUT2D eigenvalue weighted by atomic mass is 32.2. The summed E-state index contributed by atoms with van der Waals surface area (Å²) in [6.45, 7) is 3.89. The molecule has 0 N–H and O–H groups in total. The van der Waals surface area contributed by atoms with E-state index in [0.717, 1.165) is 22.6 Å². The molecule has 0 saturated heterocycles. The number of benzene rings is 1. The maximum absolute atomic E-state index is 12.8. The molecule has 1 aliphatic rings. The number of nitrogens with zero attached hydrogens (tertiary/aromatic N) is 3. The second-order valence-electron chi connectivity index (χ2n) is 5.96. The van der Waals surface area contributed by atoms with Gasteiger partial charge in [-0.2, -0.15) is 0 Å². The van der Waals surface area contributed by atoms with Crippen LogP contribution in [-0.4, -0.2) is 36.6 Å². The first-order valence-electron chi connectivity index (χ1n) is 7.87. The zero-order valence-electron chi connectivity index (χ0n) is 14.7. The predicted octanol–water partition coefficient (Wildman–Crippen LogP) is 2.91. The van der Waals surface area contributed by atoms with Crippen LogP contribution in [0.1, 0.15) is 16.8 Å². The van der Waals surface area contributed by atoms with Crippen LogP contribution in [0.2, 0.25) is 0 Å². The lowest BCUT2D eigenvalue weighted by Gasteiger charge is -2.13. The predicted molar refractivity (Wildman–Crippen MR) is 98.7 cm³/mol. The van der Waals surface area contributed by atoms with Gasteiger partial charge in [-0.15, -0.1) is 0 Å². The number of pyridine rings is 1. The highest BCUT2D eigenvalue weighted by molar-refractivity contribution is 7.99. The standard InChI is InChI=1S/C17H17N3O4S2/c1-9-7-18-11(10(2)15(9)24-4)8-25-17-19-14-12-5-6-13(23-3)16(14)26(21,22)20(12)17/h5-7H,8H2,1-4H3. The number of aryl methyl sites for hydroxylation is 1. The van der Waals surface area contributed by atoms with Gasteiger partial charge in [0, 0.05) is 23.1 Å². The maximum Gasteiger partial charge on any atom is 0.276 e. The van der Waals surface area contributed by atoms with E-state index in [2.05, 4.69) is 9.97 Å². The first-order valence-corrected chi connectivity index (χ1v) is 10.3. The van der Waals surface area contributed by atoms with Crippen molar-refractivity contribution in [3.8, 4) is 11.5 Å². The topological polar surface area (TPSA) is 83.3 Å². The van der Waals surface area contributed by atoms with Crippen molar-refractivity contribution < 1.29 is 17.9 Å². The monoisotopic (exact) mass is 391 g/mol. The molecule has 0 spiro atoms. The highest BCUT2D eigenvalue weighted by Gasteiger charge is 2.38. The van der Waals surface area contributed by atoms with E-state index in [1.54, 1.807) is 25.4 Å². The van der Waals surface area contributed by atoms with Gasteiger partial charge in [0.05, 0.1) is 25.4 Å². The van der Waals surface area contributed by atoms with Gasteiger partial charge < -0.3 is 9.47 Å². The number of thioether (sulfide) groups is 1. The van der Waals surface area contributed by atoms with Crippen molar-refractivity contribution in [1.29, 1.82) is 0 Å². The van der Waals surface area contributed by atoms with Crippen molar-refractivity contribution in [2.24, 2.45) is 0 Å². The van der Waals surface area contributed by atoms with E-state index in [9.17, 15) is 8.42 Å². The molecule has 0 saturated carbocycles. The Hall–Kier alpha value is -2.26. The van der Waals surface area contributed by atoms with Crippen LogP contribution in [0.3, 0.4) is 0 Å². The zero-order chi connectivity index (χ0) is 18.6. The number of methoxy groups -OCH3 is 2. The molecule has 7 nitrogen and oxygen atoms in total. The van der Waals surface area contributed by atoms with E-state index < -0.39 is 10.0 Å². The lowest BCUT2D eigenvalue weighted by atomic mass is 10.1. The van der Waals surface area contributed by atoms with Gasteiger partial charge in [-0.3, -0.25) is 4.98 Å². The minimum atomic E-state index is -3.65. The molecule has 0 fully saturated rings. The minimum absolute atomic E-state index is 0.146. The largest absolute Gasteiger partial charge is 0.496 e. The third-order valence-corrected chi connectivity index (χ3v) is 7.31. The molecular formula is C17H17N3O4S2. The summed E-state index contributed by atoms with van der Waals surface area (Å²) in [5, 5.41) is 0.432. The van der Waals surface area contributed by atoms with Gasteiger partial charge in [-0.25, -0.2) is 17.4 Å². The number of rotatable bonds is 5. The molecule has 0 aliphatic carbocycles. The molecule has 0 atom stereocenters. The molecule has 136 valence electrons. The van der Waals surface area contributed by atoms with E-state index in [4.69, 9.17) is 9.47 Å². The average Bonchev–Trinajstić information content (AvgIpc) is 3.04. The molecule has 3 heterocycles. The van der Waals surface area contributed by atoms with Crippen LogP contribution < -0.4 is 9.47 Å². The van der Waals surface area contributed by atoms with Gasteiger partial charge in [0.1, 0.15) is 17.0 Å². The molecule has 1 aromatic carbocycles. The quantitative estimate of drug-likeness (QED) is 0.484. The minimum Gasteiger partial charge on any atom is -0.496 e. The van der Waals surface area contributed by atoms with Crippen molar-refractivity contribution in [3.63, 3.8) is 0 Å². The van der Waals surface area contributed by atoms with Crippen LogP contribution in [-0.2, 0) is 15.8 Å². The number of hydrogen-bond acceptors (Lipinski definition) is 7. The lowest BCUT2D eigenvalue weighted by molar-refractivity contribution is 0.404. The van der Waals surface area contributed by atoms with E-state index in [1.165, 1.54) is 22.8 Å². The average molecular weight is 391 g/mol. The van der Waals surface area contributed by atoms with Crippen LogP contribution in [0.25, 0.3) is 11.0 Å². The third-order valence-electron chi connectivity index (χ3n) is 4.48. The summed E-state index contributed by atoms with van der Waals surface area (Å²) in [6, 6.07) is 3.38. The molecule has 0 amide bonds. The third kappa shape index (κ3) is 2.23. The Bertz CT molecular complexity index is 1150. The molecule has 2 aromatic heterocycles. The Morgan fingerprint density at radius 2 is 1.96 bits per heavy atom. The molecule has 26 heavy (non-hydrogen) atoms. The van der Waals surface area contributed by atoms with Gasteiger partial charge in [-0.1, -0.05) is 11.8 Å².